The molecule has 68 heavy (non-hydrogen) atoms. The molecule has 0 fully saturated rings. The van der Waals surface area contributed by atoms with Gasteiger partial charge in [-0.3, -0.25) is 0 Å². The van der Waals surface area contributed by atoms with E-state index in [1.54, 1.807) is 0 Å². The van der Waals surface area contributed by atoms with Crippen molar-refractivity contribution >= 4 is 71.2 Å². The van der Waals surface area contributed by atoms with Crippen molar-refractivity contribution in [2.75, 3.05) is 4.90 Å². The molecule has 0 atom stereocenters. The second-order valence-electron chi connectivity index (χ2n) is 17.7. The molecule has 1 heterocycles. The fourth-order valence-corrected chi connectivity index (χ4v) is 10.5. The Morgan fingerprint density at radius 2 is 0.765 bits per heavy atom. The van der Waals surface area contributed by atoms with Crippen molar-refractivity contribution in [3.05, 3.63) is 267 Å². The van der Waals surface area contributed by atoms with Crippen LogP contribution in [0.4, 0.5) is 17.1 Å². The van der Waals surface area contributed by atoms with E-state index in [0.29, 0.717) is 0 Å². The summed E-state index contributed by atoms with van der Waals surface area (Å²) in [6.45, 7) is 0. The molecular weight excluding hydrogens is 821 g/mol. The molecule has 0 aliphatic rings. The number of benzene rings is 12. The van der Waals surface area contributed by atoms with Gasteiger partial charge in [-0.05, 0) is 115 Å². The average molecular weight is 865 g/mol. The van der Waals surface area contributed by atoms with Crippen LogP contribution >= 0.6 is 0 Å². The van der Waals surface area contributed by atoms with Crippen molar-refractivity contribution in [3.8, 4) is 50.2 Å². The zero-order valence-corrected chi connectivity index (χ0v) is 37.3. The van der Waals surface area contributed by atoms with Crippen LogP contribution in [0.1, 0.15) is 0 Å². The summed E-state index contributed by atoms with van der Waals surface area (Å²) in [6, 6.07) is 97.7. The van der Waals surface area contributed by atoms with E-state index in [0.717, 1.165) is 39.4 Å². The van der Waals surface area contributed by atoms with Crippen molar-refractivity contribution in [1.82, 2.24) is 4.57 Å². The lowest BCUT2D eigenvalue weighted by Gasteiger charge is -2.30. The van der Waals surface area contributed by atoms with Crippen LogP contribution < -0.4 is 4.90 Å². The Kier molecular flexibility index (Phi) is 9.54. The highest BCUT2D eigenvalue weighted by Gasteiger charge is 2.22. The molecular formula is C66H44N2. The largest absolute Gasteiger partial charge is 0.309 e. The van der Waals surface area contributed by atoms with Crippen molar-refractivity contribution in [2.45, 2.75) is 0 Å². The Labute approximate surface area is 395 Å². The molecule has 0 aliphatic heterocycles. The monoisotopic (exact) mass is 864 g/mol. The molecule has 0 N–H and O–H groups in total. The molecule has 0 radical (unpaired) electrons. The third-order valence-corrected chi connectivity index (χ3v) is 13.7. The van der Waals surface area contributed by atoms with Gasteiger partial charge in [0, 0.05) is 33.0 Å². The van der Waals surface area contributed by atoms with Crippen LogP contribution in [0.25, 0.3) is 104 Å². The molecule has 0 spiro atoms. The Morgan fingerprint density at radius 1 is 0.250 bits per heavy atom. The van der Waals surface area contributed by atoms with Gasteiger partial charge in [0.05, 0.1) is 28.1 Å². The van der Waals surface area contributed by atoms with Gasteiger partial charge in [-0.2, -0.15) is 0 Å². The first kappa shape index (κ1) is 39.4. The van der Waals surface area contributed by atoms with Gasteiger partial charge in [0.1, 0.15) is 0 Å². The number of para-hydroxylation sites is 3. The van der Waals surface area contributed by atoms with E-state index >= 15 is 0 Å². The number of anilines is 3. The first-order chi connectivity index (χ1) is 33.7. The smallest absolute Gasteiger partial charge is 0.0546 e. The van der Waals surface area contributed by atoms with Crippen molar-refractivity contribution in [1.29, 1.82) is 0 Å². The highest BCUT2D eigenvalue weighted by atomic mass is 15.1. The fraction of sp³-hybridized carbons (Fsp3) is 0. The lowest BCUT2D eigenvalue weighted by atomic mass is 9.93. The molecule has 0 aliphatic carbocycles. The van der Waals surface area contributed by atoms with Crippen LogP contribution in [0.5, 0.6) is 0 Å². The van der Waals surface area contributed by atoms with Gasteiger partial charge in [0.25, 0.3) is 0 Å². The van der Waals surface area contributed by atoms with E-state index < -0.39 is 0 Å². The predicted molar refractivity (Wildman–Crippen MR) is 290 cm³/mol. The quantitative estimate of drug-likeness (QED) is 0.148. The summed E-state index contributed by atoms with van der Waals surface area (Å²) in [5.41, 5.74) is 16.2. The van der Waals surface area contributed by atoms with E-state index in [9.17, 15) is 0 Å². The highest BCUT2D eigenvalue weighted by Crippen LogP contribution is 2.47. The SMILES string of the molecule is c1ccc(-c2ccc(-c3cccc(N(c4ccccc4-c4ccc5ccccc5c4)c4ccc(-c5ccc6ccccc6c5)c5ccccc45)c3)cc2-n2c3ccccc3c3ccccc32)cc1. The molecule has 1 aromatic heterocycles. The zero-order chi connectivity index (χ0) is 45.0. The first-order valence-corrected chi connectivity index (χ1v) is 23.4. The molecule has 0 amide bonds. The summed E-state index contributed by atoms with van der Waals surface area (Å²) in [6.07, 6.45) is 0. The molecule has 2 heteroatoms. The maximum atomic E-state index is 2.48. The summed E-state index contributed by atoms with van der Waals surface area (Å²) in [5.74, 6) is 0. The normalized spacial score (nSPS) is 11.5. The average Bonchev–Trinajstić information content (AvgIpc) is 3.75. The van der Waals surface area contributed by atoms with Crippen LogP contribution in [0.3, 0.4) is 0 Å². The lowest BCUT2D eigenvalue weighted by molar-refractivity contribution is 1.18. The van der Waals surface area contributed by atoms with Crippen molar-refractivity contribution in [2.24, 2.45) is 0 Å². The molecule has 12 aromatic carbocycles. The van der Waals surface area contributed by atoms with E-state index in [2.05, 4.69) is 276 Å². The summed E-state index contributed by atoms with van der Waals surface area (Å²) in [7, 11) is 0. The Bertz CT molecular complexity index is 3990. The second kappa shape index (κ2) is 16.5. The number of nitrogens with zero attached hydrogens (tertiary/aromatic N) is 2. The summed E-state index contributed by atoms with van der Waals surface area (Å²) < 4.78 is 2.45. The van der Waals surface area contributed by atoms with Crippen LogP contribution in [-0.2, 0) is 0 Å². The van der Waals surface area contributed by atoms with Gasteiger partial charge < -0.3 is 9.47 Å². The molecule has 13 rings (SSSR count). The zero-order valence-electron chi connectivity index (χ0n) is 37.3. The van der Waals surface area contributed by atoms with Gasteiger partial charge in [0.2, 0.25) is 0 Å². The Morgan fingerprint density at radius 3 is 1.47 bits per heavy atom. The van der Waals surface area contributed by atoms with Crippen molar-refractivity contribution < 1.29 is 0 Å². The van der Waals surface area contributed by atoms with Crippen LogP contribution in [0.2, 0.25) is 0 Å². The van der Waals surface area contributed by atoms with E-state index in [1.807, 2.05) is 0 Å². The highest BCUT2D eigenvalue weighted by molar-refractivity contribution is 6.11. The summed E-state index contributed by atoms with van der Waals surface area (Å²) in [4.78, 5) is 2.48. The van der Waals surface area contributed by atoms with Gasteiger partial charge in [-0.25, -0.2) is 0 Å². The second-order valence-corrected chi connectivity index (χ2v) is 17.7. The van der Waals surface area contributed by atoms with E-state index in [-0.39, 0.29) is 0 Å². The number of fused-ring (bicyclic) bond motifs is 6. The molecule has 2 nitrogen and oxygen atoms in total. The van der Waals surface area contributed by atoms with Crippen molar-refractivity contribution in [3.63, 3.8) is 0 Å². The molecule has 0 saturated carbocycles. The third-order valence-electron chi connectivity index (χ3n) is 13.7. The number of hydrogen-bond acceptors (Lipinski definition) is 1. The Balaban J connectivity index is 1.03. The van der Waals surface area contributed by atoms with E-state index in [4.69, 9.17) is 0 Å². The number of aromatic nitrogens is 1. The summed E-state index contributed by atoms with van der Waals surface area (Å²) >= 11 is 0. The van der Waals surface area contributed by atoms with Gasteiger partial charge in [-0.15, -0.1) is 0 Å². The van der Waals surface area contributed by atoms with Crippen LogP contribution in [0, 0.1) is 0 Å². The number of rotatable bonds is 8. The standard InChI is InChI=1S/C66H44N2/c1-2-19-47(20-3-1)57-38-37-51(44-66(57)68-63-31-14-11-28-60(63)61-29-12-15-32-64(61)68)50-23-16-24-54(43-50)67(62-30-13-10-25-56(62)53-36-34-46-18-5-7-22-49(46)42-53)65-40-39-55(58-26-8-9-27-59(58)65)52-35-33-45-17-4-6-21-48(45)41-52/h1-44H. The molecule has 318 valence electrons. The van der Waals surface area contributed by atoms with Crippen LogP contribution in [-0.4, -0.2) is 4.57 Å². The first-order valence-electron chi connectivity index (χ1n) is 23.4. The van der Waals surface area contributed by atoms with Gasteiger partial charge in [-0.1, -0.05) is 212 Å². The minimum Gasteiger partial charge on any atom is -0.309 e. The maximum Gasteiger partial charge on any atom is 0.0546 e. The minimum atomic E-state index is 1.07. The Hall–Kier alpha value is -8.98. The van der Waals surface area contributed by atoms with Crippen LogP contribution in [0.15, 0.2) is 267 Å². The molecule has 13 aromatic rings. The minimum absolute atomic E-state index is 1.07. The van der Waals surface area contributed by atoms with Gasteiger partial charge in [0.15, 0.2) is 0 Å². The maximum absolute atomic E-state index is 2.48. The third kappa shape index (κ3) is 6.73. The molecule has 0 bridgehead atoms. The molecule has 0 unspecified atom stereocenters. The molecule has 0 saturated heterocycles. The predicted octanol–water partition coefficient (Wildman–Crippen LogP) is 18.4. The number of hydrogen-bond donors (Lipinski definition) is 0. The van der Waals surface area contributed by atoms with Gasteiger partial charge >= 0.3 is 0 Å². The van der Waals surface area contributed by atoms with E-state index in [1.165, 1.54) is 81.9 Å². The topological polar surface area (TPSA) is 8.17 Å². The fourth-order valence-electron chi connectivity index (χ4n) is 10.5. The summed E-state index contributed by atoms with van der Waals surface area (Å²) in [5, 5.41) is 9.80. The lowest BCUT2D eigenvalue weighted by Crippen LogP contribution is -2.12.